The van der Waals surface area contributed by atoms with Crippen LogP contribution < -0.4 is 15.8 Å². The number of ether oxygens (including phenoxy) is 1. The Balaban J connectivity index is 1.55. The summed E-state index contributed by atoms with van der Waals surface area (Å²) in [5, 5.41) is 3.18. The first kappa shape index (κ1) is 26.1. The van der Waals surface area contributed by atoms with E-state index >= 15 is 0 Å². The highest BCUT2D eigenvalue weighted by Crippen LogP contribution is 2.31. The quantitative estimate of drug-likeness (QED) is 0.511. The van der Waals surface area contributed by atoms with Gasteiger partial charge in [0.1, 0.15) is 5.75 Å². The number of nitrogens with one attached hydrogen (secondary N) is 1. The van der Waals surface area contributed by atoms with Crippen molar-refractivity contribution in [1.82, 2.24) is 19.8 Å². The summed E-state index contributed by atoms with van der Waals surface area (Å²) in [6, 6.07) is 14.7. The normalized spacial score (nSPS) is 18.8. The molecule has 0 spiro atoms. The van der Waals surface area contributed by atoms with Crippen LogP contribution in [0.5, 0.6) is 5.75 Å². The van der Waals surface area contributed by atoms with Gasteiger partial charge in [0.15, 0.2) is 0 Å². The Labute approximate surface area is 213 Å². The third-order valence-electron chi connectivity index (χ3n) is 6.54. The fourth-order valence-electron chi connectivity index (χ4n) is 4.63. The summed E-state index contributed by atoms with van der Waals surface area (Å²) in [5.74, 6) is -1.23. The molecule has 2 aromatic carbocycles. The maximum absolute atomic E-state index is 13.2. The van der Waals surface area contributed by atoms with Gasteiger partial charge < -0.3 is 25.3 Å². The maximum atomic E-state index is 13.2. The van der Waals surface area contributed by atoms with Crippen molar-refractivity contribution in [2.75, 3.05) is 20.2 Å². The second-order valence-electron chi connectivity index (χ2n) is 9.15. The van der Waals surface area contributed by atoms with Crippen LogP contribution in [0.2, 0.25) is 0 Å². The van der Waals surface area contributed by atoms with E-state index in [1.54, 1.807) is 25.7 Å². The summed E-state index contributed by atoms with van der Waals surface area (Å²) < 4.78 is 47.0. The van der Waals surface area contributed by atoms with Crippen molar-refractivity contribution < 1.29 is 22.7 Å². The second-order valence-corrected chi connectivity index (χ2v) is 9.15. The van der Waals surface area contributed by atoms with E-state index in [0.29, 0.717) is 29.9 Å². The SMILES string of the molecule is COc1cc(/C(N)=C/NC2CC(c3ccccc3)CCN(C(=O)C(F)(F)F)C2)ccc1-n1cnc(C)c1. The van der Waals surface area contributed by atoms with Crippen LogP contribution in [0.1, 0.15) is 35.6 Å². The minimum atomic E-state index is -4.92. The van der Waals surface area contributed by atoms with Crippen molar-refractivity contribution in [3.63, 3.8) is 0 Å². The van der Waals surface area contributed by atoms with Crippen LogP contribution >= 0.6 is 0 Å². The number of amides is 1. The van der Waals surface area contributed by atoms with Gasteiger partial charge in [0, 0.05) is 37.1 Å². The molecule has 1 fully saturated rings. The molecule has 1 aliphatic heterocycles. The van der Waals surface area contributed by atoms with Gasteiger partial charge in [-0.1, -0.05) is 36.4 Å². The average Bonchev–Trinajstić information content (AvgIpc) is 3.21. The molecular formula is C27H30F3N5O2. The molecule has 4 rings (SSSR count). The first-order valence-electron chi connectivity index (χ1n) is 12.0. The number of aryl methyl sites for hydroxylation is 1. The Morgan fingerprint density at radius 3 is 2.62 bits per heavy atom. The van der Waals surface area contributed by atoms with Crippen LogP contribution in [-0.4, -0.2) is 52.8 Å². The maximum Gasteiger partial charge on any atom is 0.471 e. The summed E-state index contributed by atoms with van der Waals surface area (Å²) in [7, 11) is 1.56. The van der Waals surface area contributed by atoms with Gasteiger partial charge in [-0.2, -0.15) is 13.2 Å². The number of aromatic nitrogens is 2. The number of hydrogen-bond donors (Lipinski definition) is 2. The van der Waals surface area contributed by atoms with Crippen LogP contribution in [0, 0.1) is 6.92 Å². The second kappa shape index (κ2) is 11.0. The summed E-state index contributed by atoms with van der Waals surface area (Å²) in [4.78, 5) is 17.2. The summed E-state index contributed by atoms with van der Waals surface area (Å²) in [5.41, 5.74) is 10.1. The van der Waals surface area contributed by atoms with Gasteiger partial charge in [-0.25, -0.2) is 4.98 Å². The Morgan fingerprint density at radius 1 is 1.22 bits per heavy atom. The molecule has 1 aliphatic rings. The van der Waals surface area contributed by atoms with Gasteiger partial charge in [0.2, 0.25) is 0 Å². The molecule has 0 bridgehead atoms. The third kappa shape index (κ3) is 6.25. The first-order valence-corrected chi connectivity index (χ1v) is 12.0. The molecule has 7 nitrogen and oxygen atoms in total. The zero-order valence-electron chi connectivity index (χ0n) is 20.7. The number of imidazole rings is 1. The largest absolute Gasteiger partial charge is 0.495 e. The standard InChI is InChI=1S/C27H30F3N5O2/c1-18-15-35(17-33-18)24-9-8-21(13-25(24)37-2)23(31)14-32-22-12-20(19-6-4-3-5-7-19)10-11-34(16-22)26(36)27(28,29)30/h3-9,13-15,17,20,22,32H,10-12,16,31H2,1-2H3/b23-14-. The van der Waals surface area contributed by atoms with Gasteiger partial charge in [-0.05, 0) is 43.4 Å². The fourth-order valence-corrected chi connectivity index (χ4v) is 4.63. The molecule has 2 atom stereocenters. The van der Waals surface area contributed by atoms with Crippen molar-refractivity contribution in [3.05, 3.63) is 84.1 Å². The number of rotatable bonds is 6. The molecule has 0 aliphatic carbocycles. The van der Waals surface area contributed by atoms with Gasteiger partial charge in [0.05, 0.1) is 30.5 Å². The Bertz CT molecular complexity index is 1260. The molecule has 196 valence electrons. The number of carbonyl (C=O) groups is 1. The van der Waals surface area contributed by atoms with E-state index in [-0.39, 0.29) is 19.0 Å². The van der Waals surface area contributed by atoms with E-state index in [2.05, 4.69) is 10.3 Å². The molecule has 1 amide bonds. The molecule has 3 aromatic rings. The van der Waals surface area contributed by atoms with Crippen molar-refractivity contribution in [2.45, 2.75) is 37.9 Å². The summed E-state index contributed by atoms with van der Waals surface area (Å²) >= 11 is 0. The number of carbonyl (C=O) groups excluding carboxylic acids is 1. The number of alkyl halides is 3. The van der Waals surface area contributed by atoms with Gasteiger partial charge in [0.25, 0.3) is 0 Å². The number of methoxy groups -OCH3 is 1. The van der Waals surface area contributed by atoms with Crippen LogP contribution in [0.3, 0.4) is 0 Å². The molecule has 1 aromatic heterocycles. The van der Waals surface area contributed by atoms with Crippen LogP contribution in [0.25, 0.3) is 11.4 Å². The van der Waals surface area contributed by atoms with E-state index < -0.39 is 18.1 Å². The Kier molecular flexibility index (Phi) is 7.75. The lowest BCUT2D eigenvalue weighted by molar-refractivity contribution is -0.185. The number of nitrogens with two attached hydrogens (primary N) is 1. The predicted molar refractivity (Wildman–Crippen MR) is 135 cm³/mol. The number of hydrogen-bond acceptors (Lipinski definition) is 5. The molecule has 1 saturated heterocycles. The van der Waals surface area contributed by atoms with Crippen molar-refractivity contribution in [3.8, 4) is 11.4 Å². The lowest BCUT2D eigenvalue weighted by Crippen LogP contribution is -2.46. The molecule has 0 saturated carbocycles. The molecule has 37 heavy (non-hydrogen) atoms. The van der Waals surface area contributed by atoms with E-state index in [4.69, 9.17) is 10.5 Å². The highest BCUT2D eigenvalue weighted by molar-refractivity contribution is 5.82. The number of likely N-dealkylation sites (tertiary alicyclic amines) is 1. The number of benzene rings is 2. The molecular weight excluding hydrogens is 483 g/mol. The van der Waals surface area contributed by atoms with Crippen molar-refractivity contribution >= 4 is 11.6 Å². The Hall–Kier alpha value is -3.95. The van der Waals surface area contributed by atoms with E-state index in [0.717, 1.165) is 21.8 Å². The highest BCUT2D eigenvalue weighted by Gasteiger charge is 2.43. The van der Waals surface area contributed by atoms with E-state index in [1.807, 2.05) is 60.2 Å². The number of halogens is 3. The van der Waals surface area contributed by atoms with Gasteiger partial charge >= 0.3 is 12.1 Å². The summed E-state index contributed by atoms with van der Waals surface area (Å²) in [6.07, 6.45) is 1.23. The fraction of sp³-hybridized carbons (Fsp3) is 0.333. The zero-order chi connectivity index (χ0) is 26.6. The predicted octanol–water partition coefficient (Wildman–Crippen LogP) is 4.37. The van der Waals surface area contributed by atoms with Gasteiger partial charge in [-0.15, -0.1) is 0 Å². The zero-order valence-corrected chi connectivity index (χ0v) is 20.7. The van der Waals surface area contributed by atoms with E-state index in [1.165, 1.54) is 0 Å². The molecule has 3 N–H and O–H groups in total. The van der Waals surface area contributed by atoms with Gasteiger partial charge in [-0.3, -0.25) is 4.79 Å². The molecule has 2 unspecified atom stereocenters. The smallest absolute Gasteiger partial charge is 0.471 e. The summed E-state index contributed by atoms with van der Waals surface area (Å²) in [6.45, 7) is 1.85. The van der Waals surface area contributed by atoms with Crippen LogP contribution in [-0.2, 0) is 4.79 Å². The third-order valence-corrected chi connectivity index (χ3v) is 6.54. The number of nitrogens with zero attached hydrogens (tertiary/aromatic N) is 3. The topological polar surface area (TPSA) is 85.4 Å². The minimum absolute atomic E-state index is 0.00243. The average molecular weight is 514 g/mol. The lowest BCUT2D eigenvalue weighted by Gasteiger charge is -2.25. The molecule has 2 heterocycles. The van der Waals surface area contributed by atoms with Crippen molar-refractivity contribution in [1.29, 1.82) is 0 Å². The minimum Gasteiger partial charge on any atom is -0.495 e. The first-order chi connectivity index (χ1) is 17.7. The van der Waals surface area contributed by atoms with Crippen LogP contribution in [0.15, 0.2) is 67.3 Å². The van der Waals surface area contributed by atoms with E-state index in [9.17, 15) is 18.0 Å². The monoisotopic (exact) mass is 513 g/mol. The highest BCUT2D eigenvalue weighted by atomic mass is 19.4. The van der Waals surface area contributed by atoms with Crippen LogP contribution in [0.4, 0.5) is 13.2 Å². The van der Waals surface area contributed by atoms with Crippen molar-refractivity contribution in [2.24, 2.45) is 5.73 Å². The Morgan fingerprint density at radius 2 is 1.97 bits per heavy atom. The lowest BCUT2D eigenvalue weighted by atomic mass is 9.90. The molecule has 10 heteroatoms. The molecule has 0 radical (unpaired) electrons.